The van der Waals surface area contributed by atoms with E-state index in [0.29, 0.717) is 24.0 Å². The van der Waals surface area contributed by atoms with Crippen LogP contribution < -0.4 is 10.6 Å². The van der Waals surface area contributed by atoms with Gasteiger partial charge >= 0.3 is 0 Å². The Labute approximate surface area is 105 Å². The molecule has 94 valence electrons. The zero-order valence-corrected chi connectivity index (χ0v) is 10.4. The van der Waals surface area contributed by atoms with Crippen LogP contribution in [0.2, 0.25) is 5.15 Å². The number of nitrogens with two attached hydrogens (primary N) is 1. The number of aliphatic hydroxyl groups is 1. The highest BCUT2D eigenvalue weighted by atomic mass is 35.5. The highest BCUT2D eigenvalue weighted by Crippen LogP contribution is 2.24. The zero-order valence-electron chi connectivity index (χ0n) is 9.64. The lowest BCUT2D eigenvalue weighted by atomic mass is 10.2. The second-order valence-electron chi connectivity index (χ2n) is 4.22. The number of morpholine rings is 1. The largest absolute Gasteiger partial charge is 0.399 e. The highest BCUT2D eigenvalue weighted by Gasteiger charge is 2.26. The molecule has 5 nitrogen and oxygen atoms in total. The van der Waals surface area contributed by atoms with Gasteiger partial charge in [-0.2, -0.15) is 0 Å². The van der Waals surface area contributed by atoms with E-state index in [9.17, 15) is 0 Å². The van der Waals surface area contributed by atoms with Gasteiger partial charge in [-0.25, -0.2) is 4.98 Å². The molecule has 1 aliphatic rings. The molecule has 0 aliphatic carbocycles. The third kappa shape index (κ3) is 2.80. The third-order valence-corrected chi connectivity index (χ3v) is 3.00. The zero-order chi connectivity index (χ0) is 12.4. The molecule has 1 fully saturated rings. The first-order valence-corrected chi connectivity index (χ1v) is 5.90. The molecule has 1 saturated heterocycles. The molecule has 2 unspecified atom stereocenters. The Morgan fingerprint density at radius 3 is 3.06 bits per heavy atom. The molecule has 17 heavy (non-hydrogen) atoms. The maximum atomic E-state index is 9.13. The minimum atomic E-state index is -0.187. The first-order chi connectivity index (χ1) is 8.10. The van der Waals surface area contributed by atoms with E-state index >= 15 is 0 Å². The molecule has 1 aromatic heterocycles. The van der Waals surface area contributed by atoms with Crippen LogP contribution in [0.1, 0.15) is 6.92 Å². The first kappa shape index (κ1) is 12.4. The van der Waals surface area contributed by atoms with Gasteiger partial charge in [0.15, 0.2) is 0 Å². The maximum absolute atomic E-state index is 9.13. The van der Waals surface area contributed by atoms with Gasteiger partial charge in [0.05, 0.1) is 25.4 Å². The fraction of sp³-hybridized carbons (Fsp3) is 0.545. The quantitative estimate of drug-likeness (QED) is 0.771. The van der Waals surface area contributed by atoms with E-state index in [4.69, 9.17) is 27.2 Å². The van der Waals surface area contributed by atoms with Crippen molar-refractivity contribution in [1.29, 1.82) is 0 Å². The van der Waals surface area contributed by atoms with Gasteiger partial charge in [0.25, 0.3) is 0 Å². The van der Waals surface area contributed by atoms with Crippen molar-refractivity contribution in [1.82, 2.24) is 4.98 Å². The molecule has 3 N–H and O–H groups in total. The smallest absolute Gasteiger partial charge is 0.133 e. The fourth-order valence-corrected chi connectivity index (χ4v) is 2.11. The second kappa shape index (κ2) is 5.08. The van der Waals surface area contributed by atoms with Crippen LogP contribution in [0, 0.1) is 0 Å². The predicted molar refractivity (Wildman–Crippen MR) is 67.3 cm³/mol. The number of aliphatic hydroxyl groups excluding tert-OH is 1. The average Bonchev–Trinajstić information content (AvgIpc) is 2.28. The van der Waals surface area contributed by atoms with Crippen LogP contribution in [-0.4, -0.2) is 42.0 Å². The topological polar surface area (TPSA) is 71.6 Å². The van der Waals surface area contributed by atoms with Crippen LogP contribution in [0.15, 0.2) is 12.1 Å². The van der Waals surface area contributed by atoms with Crippen LogP contribution in [0.4, 0.5) is 11.5 Å². The number of rotatable bonds is 2. The van der Waals surface area contributed by atoms with Crippen molar-refractivity contribution >= 4 is 23.1 Å². The number of anilines is 2. The molecule has 0 radical (unpaired) electrons. The van der Waals surface area contributed by atoms with Gasteiger partial charge in [-0.05, 0) is 13.0 Å². The highest BCUT2D eigenvalue weighted by molar-refractivity contribution is 6.29. The summed E-state index contributed by atoms with van der Waals surface area (Å²) in [6, 6.07) is 3.57. The Bertz CT molecular complexity index is 382. The summed E-state index contributed by atoms with van der Waals surface area (Å²) in [5.74, 6) is 0.726. The molecule has 0 saturated carbocycles. The SMILES string of the molecule is CC1COC(CO)CN1c1cc(N)cc(Cl)n1. The number of ether oxygens (including phenoxy) is 1. The summed E-state index contributed by atoms with van der Waals surface area (Å²) >= 11 is 5.89. The predicted octanol–water partition coefficient (Wildman–Crippen LogP) is 0.903. The molecule has 1 aliphatic heterocycles. The van der Waals surface area contributed by atoms with E-state index in [0.717, 1.165) is 5.82 Å². The van der Waals surface area contributed by atoms with Crippen LogP contribution in [0.5, 0.6) is 0 Å². The lowest BCUT2D eigenvalue weighted by Crippen LogP contribution is -2.50. The monoisotopic (exact) mass is 257 g/mol. The van der Waals surface area contributed by atoms with Crippen molar-refractivity contribution in [2.24, 2.45) is 0 Å². The maximum Gasteiger partial charge on any atom is 0.133 e. The summed E-state index contributed by atoms with van der Waals surface area (Å²) < 4.78 is 5.47. The van der Waals surface area contributed by atoms with E-state index < -0.39 is 0 Å². The van der Waals surface area contributed by atoms with Gasteiger partial charge in [0, 0.05) is 18.3 Å². The number of nitrogens with zero attached hydrogens (tertiary/aromatic N) is 2. The standard InChI is InChI=1S/C11H16ClN3O2/c1-7-6-17-9(5-16)4-15(7)11-3-8(13)2-10(12)14-11/h2-3,7,9,16H,4-6H2,1H3,(H2,13,14). The molecule has 0 aromatic carbocycles. The van der Waals surface area contributed by atoms with Crippen molar-refractivity contribution in [2.75, 3.05) is 30.4 Å². The number of pyridine rings is 1. The van der Waals surface area contributed by atoms with Gasteiger partial charge in [0.1, 0.15) is 11.0 Å². The van der Waals surface area contributed by atoms with Crippen molar-refractivity contribution < 1.29 is 9.84 Å². The van der Waals surface area contributed by atoms with Crippen molar-refractivity contribution in [2.45, 2.75) is 19.1 Å². The van der Waals surface area contributed by atoms with Crippen LogP contribution in [-0.2, 0) is 4.74 Å². The number of nitrogen functional groups attached to an aromatic ring is 1. The minimum absolute atomic E-state index is 0.000726. The number of hydrogen-bond donors (Lipinski definition) is 2. The molecule has 0 bridgehead atoms. The van der Waals surface area contributed by atoms with Gasteiger partial charge in [-0.1, -0.05) is 11.6 Å². The normalized spacial score (nSPS) is 25.0. The molecule has 2 atom stereocenters. The Morgan fingerprint density at radius 2 is 2.41 bits per heavy atom. The van der Waals surface area contributed by atoms with Crippen molar-refractivity contribution in [3.8, 4) is 0 Å². The molecular weight excluding hydrogens is 242 g/mol. The van der Waals surface area contributed by atoms with Crippen LogP contribution in [0.3, 0.4) is 0 Å². The summed E-state index contributed by atoms with van der Waals surface area (Å²) in [6.45, 7) is 3.18. The average molecular weight is 258 g/mol. The van der Waals surface area contributed by atoms with Gasteiger partial charge < -0.3 is 20.5 Å². The molecule has 1 aromatic rings. The molecule has 0 spiro atoms. The number of aromatic nitrogens is 1. The summed E-state index contributed by atoms with van der Waals surface area (Å²) in [7, 11) is 0. The van der Waals surface area contributed by atoms with Crippen LogP contribution >= 0.6 is 11.6 Å². The Hall–Kier alpha value is -1.04. The van der Waals surface area contributed by atoms with Gasteiger partial charge in [-0.15, -0.1) is 0 Å². The first-order valence-electron chi connectivity index (χ1n) is 5.52. The van der Waals surface area contributed by atoms with E-state index in [1.54, 1.807) is 12.1 Å². The van der Waals surface area contributed by atoms with Gasteiger partial charge in [0.2, 0.25) is 0 Å². The van der Waals surface area contributed by atoms with Crippen LogP contribution in [0.25, 0.3) is 0 Å². The van der Waals surface area contributed by atoms with E-state index in [1.165, 1.54) is 0 Å². The number of hydrogen-bond acceptors (Lipinski definition) is 5. The molecule has 2 rings (SSSR count). The summed E-state index contributed by atoms with van der Waals surface area (Å²) in [5.41, 5.74) is 6.33. The third-order valence-electron chi connectivity index (χ3n) is 2.81. The number of halogens is 1. The van der Waals surface area contributed by atoms with Crippen molar-refractivity contribution in [3.63, 3.8) is 0 Å². The lowest BCUT2D eigenvalue weighted by Gasteiger charge is -2.38. The minimum Gasteiger partial charge on any atom is -0.399 e. The molecule has 6 heteroatoms. The van der Waals surface area contributed by atoms with E-state index in [-0.39, 0.29) is 18.8 Å². The van der Waals surface area contributed by atoms with Gasteiger partial charge in [-0.3, -0.25) is 0 Å². The summed E-state index contributed by atoms with van der Waals surface area (Å²) in [6.07, 6.45) is -0.187. The summed E-state index contributed by atoms with van der Waals surface area (Å²) in [4.78, 5) is 6.30. The Morgan fingerprint density at radius 1 is 1.65 bits per heavy atom. The molecular formula is C11H16ClN3O2. The van der Waals surface area contributed by atoms with E-state index in [2.05, 4.69) is 4.98 Å². The Kier molecular flexibility index (Phi) is 3.71. The molecule has 2 heterocycles. The molecule has 0 amide bonds. The Balaban J connectivity index is 2.24. The fourth-order valence-electron chi connectivity index (χ4n) is 1.90. The van der Waals surface area contributed by atoms with E-state index in [1.807, 2.05) is 11.8 Å². The summed E-state index contributed by atoms with van der Waals surface area (Å²) in [5, 5.41) is 9.50. The van der Waals surface area contributed by atoms with Crippen molar-refractivity contribution in [3.05, 3.63) is 17.3 Å². The lowest BCUT2D eigenvalue weighted by molar-refractivity contribution is -0.0105. The second-order valence-corrected chi connectivity index (χ2v) is 4.61.